The molecule has 2 rings (SSSR count). The molecule has 0 aliphatic rings. The van der Waals surface area contributed by atoms with Gasteiger partial charge in [-0.3, -0.25) is 0 Å². The third-order valence-electron chi connectivity index (χ3n) is 3.88. The van der Waals surface area contributed by atoms with Crippen molar-refractivity contribution in [1.82, 2.24) is 5.32 Å². The van der Waals surface area contributed by atoms with Gasteiger partial charge in [0.2, 0.25) is 0 Å². The van der Waals surface area contributed by atoms with Crippen molar-refractivity contribution in [3.05, 3.63) is 65.0 Å². The van der Waals surface area contributed by atoms with Gasteiger partial charge in [0.1, 0.15) is 5.82 Å². The van der Waals surface area contributed by atoms with Crippen LogP contribution in [-0.4, -0.2) is 14.1 Å². The van der Waals surface area contributed by atoms with Crippen LogP contribution in [0.2, 0.25) is 0 Å². The molecule has 2 aromatic carbocycles. The first kappa shape index (κ1) is 15.5. The fourth-order valence-electron chi connectivity index (χ4n) is 2.46. The fourth-order valence-corrected chi connectivity index (χ4v) is 2.46. The number of rotatable bonds is 5. The Morgan fingerprint density at radius 3 is 2.48 bits per heavy atom. The standard InChI is InChI=1S/C18H23FN2/c1-13-10-18(16(11-17(13)19)14(2)20-3)21(4)12-15-8-6-5-7-9-15/h5-11,14,20H,12H2,1-4H3. The Hall–Kier alpha value is -1.87. The molecule has 0 spiro atoms. The minimum Gasteiger partial charge on any atom is -0.370 e. The molecule has 0 aliphatic heterocycles. The number of hydrogen-bond donors (Lipinski definition) is 1. The smallest absolute Gasteiger partial charge is 0.126 e. The van der Waals surface area contributed by atoms with Crippen molar-refractivity contribution in [2.24, 2.45) is 0 Å². The minimum absolute atomic E-state index is 0.105. The van der Waals surface area contributed by atoms with Crippen molar-refractivity contribution in [3.8, 4) is 0 Å². The zero-order valence-electron chi connectivity index (χ0n) is 13.2. The molecule has 0 fully saturated rings. The van der Waals surface area contributed by atoms with E-state index in [2.05, 4.69) is 22.3 Å². The molecule has 0 saturated heterocycles. The van der Waals surface area contributed by atoms with Crippen LogP contribution in [0.15, 0.2) is 42.5 Å². The van der Waals surface area contributed by atoms with E-state index in [0.717, 1.165) is 17.8 Å². The molecular formula is C18H23FN2. The second-order valence-electron chi connectivity index (χ2n) is 5.51. The maximum absolute atomic E-state index is 13.9. The molecule has 0 amide bonds. The highest BCUT2D eigenvalue weighted by molar-refractivity contribution is 5.57. The summed E-state index contributed by atoms with van der Waals surface area (Å²) in [6.07, 6.45) is 0. The molecule has 1 unspecified atom stereocenters. The van der Waals surface area contributed by atoms with Crippen LogP contribution in [0, 0.1) is 12.7 Å². The Labute approximate surface area is 126 Å². The first-order valence-electron chi connectivity index (χ1n) is 7.25. The summed E-state index contributed by atoms with van der Waals surface area (Å²) in [4.78, 5) is 2.17. The van der Waals surface area contributed by atoms with E-state index in [1.54, 1.807) is 6.07 Å². The van der Waals surface area contributed by atoms with Gasteiger partial charge in [-0.05, 0) is 49.7 Å². The summed E-state index contributed by atoms with van der Waals surface area (Å²) < 4.78 is 13.9. The number of halogens is 1. The average Bonchev–Trinajstić information content (AvgIpc) is 2.49. The molecule has 0 radical (unpaired) electrons. The van der Waals surface area contributed by atoms with Crippen LogP contribution in [-0.2, 0) is 6.54 Å². The highest BCUT2D eigenvalue weighted by atomic mass is 19.1. The van der Waals surface area contributed by atoms with Crippen molar-refractivity contribution in [2.75, 3.05) is 19.0 Å². The second-order valence-corrected chi connectivity index (χ2v) is 5.51. The molecule has 2 nitrogen and oxygen atoms in total. The topological polar surface area (TPSA) is 15.3 Å². The molecule has 2 aromatic rings. The van der Waals surface area contributed by atoms with Crippen molar-refractivity contribution < 1.29 is 4.39 Å². The molecule has 112 valence electrons. The first-order chi connectivity index (χ1) is 10.0. The number of anilines is 1. The highest BCUT2D eigenvalue weighted by Gasteiger charge is 2.15. The van der Waals surface area contributed by atoms with E-state index in [4.69, 9.17) is 0 Å². The van der Waals surface area contributed by atoms with Crippen LogP contribution in [0.5, 0.6) is 0 Å². The van der Waals surface area contributed by atoms with Crippen molar-refractivity contribution in [1.29, 1.82) is 0 Å². The van der Waals surface area contributed by atoms with E-state index < -0.39 is 0 Å². The van der Waals surface area contributed by atoms with Gasteiger partial charge in [0.15, 0.2) is 0 Å². The van der Waals surface area contributed by atoms with Gasteiger partial charge < -0.3 is 10.2 Å². The average molecular weight is 286 g/mol. The van der Waals surface area contributed by atoms with Crippen molar-refractivity contribution in [2.45, 2.75) is 26.4 Å². The SMILES string of the molecule is CNC(C)c1cc(F)c(C)cc1N(C)Cc1ccccc1. The summed E-state index contributed by atoms with van der Waals surface area (Å²) in [6.45, 7) is 4.66. The number of benzene rings is 2. The fraction of sp³-hybridized carbons (Fsp3) is 0.333. The van der Waals surface area contributed by atoms with Gasteiger partial charge in [-0.15, -0.1) is 0 Å². The summed E-state index contributed by atoms with van der Waals surface area (Å²) in [7, 11) is 3.94. The molecule has 3 heteroatoms. The normalized spacial score (nSPS) is 12.2. The number of nitrogens with zero attached hydrogens (tertiary/aromatic N) is 1. The van der Waals surface area contributed by atoms with Crippen LogP contribution in [0.3, 0.4) is 0 Å². The molecule has 0 aromatic heterocycles. The second kappa shape index (κ2) is 6.72. The molecule has 0 bridgehead atoms. The van der Waals surface area contributed by atoms with Crippen LogP contribution in [0.25, 0.3) is 0 Å². The third kappa shape index (κ3) is 3.61. The van der Waals surface area contributed by atoms with Gasteiger partial charge in [0, 0.05) is 25.3 Å². The number of nitrogens with one attached hydrogen (secondary N) is 1. The van der Waals surface area contributed by atoms with Gasteiger partial charge in [-0.2, -0.15) is 0 Å². The van der Waals surface area contributed by atoms with Crippen LogP contribution in [0.1, 0.15) is 29.7 Å². The van der Waals surface area contributed by atoms with Gasteiger partial charge in [-0.25, -0.2) is 4.39 Å². The quantitative estimate of drug-likeness (QED) is 0.892. The number of hydrogen-bond acceptors (Lipinski definition) is 2. The molecule has 0 aliphatic carbocycles. The Morgan fingerprint density at radius 2 is 1.86 bits per heavy atom. The molecule has 1 N–H and O–H groups in total. The van der Waals surface area contributed by atoms with Crippen LogP contribution < -0.4 is 10.2 Å². The maximum Gasteiger partial charge on any atom is 0.126 e. The van der Waals surface area contributed by atoms with Gasteiger partial charge in [-0.1, -0.05) is 30.3 Å². The number of aryl methyl sites for hydroxylation is 1. The van der Waals surface area contributed by atoms with E-state index in [0.29, 0.717) is 5.56 Å². The Morgan fingerprint density at radius 1 is 1.19 bits per heavy atom. The van der Waals surface area contributed by atoms with Gasteiger partial charge in [0.25, 0.3) is 0 Å². The summed E-state index contributed by atoms with van der Waals surface area (Å²) >= 11 is 0. The molecular weight excluding hydrogens is 263 g/mol. The molecule has 0 saturated carbocycles. The van der Waals surface area contributed by atoms with Gasteiger partial charge in [0.05, 0.1) is 0 Å². The van der Waals surface area contributed by atoms with E-state index in [9.17, 15) is 4.39 Å². The molecule has 1 atom stereocenters. The Balaban J connectivity index is 2.35. The zero-order chi connectivity index (χ0) is 15.4. The lowest BCUT2D eigenvalue weighted by Crippen LogP contribution is -2.22. The summed E-state index contributed by atoms with van der Waals surface area (Å²) in [5.41, 5.74) is 3.97. The summed E-state index contributed by atoms with van der Waals surface area (Å²) in [5, 5.41) is 3.19. The van der Waals surface area contributed by atoms with Crippen molar-refractivity contribution in [3.63, 3.8) is 0 Å². The van der Waals surface area contributed by atoms with E-state index >= 15 is 0 Å². The van der Waals surface area contributed by atoms with Gasteiger partial charge >= 0.3 is 0 Å². The van der Waals surface area contributed by atoms with E-state index in [1.165, 1.54) is 5.56 Å². The first-order valence-corrected chi connectivity index (χ1v) is 7.25. The summed E-state index contributed by atoms with van der Waals surface area (Å²) in [5.74, 6) is -0.149. The lowest BCUT2D eigenvalue weighted by Gasteiger charge is -2.26. The predicted octanol–water partition coefficient (Wildman–Crippen LogP) is 4.05. The third-order valence-corrected chi connectivity index (χ3v) is 3.88. The van der Waals surface area contributed by atoms with E-state index in [-0.39, 0.29) is 11.9 Å². The molecule has 21 heavy (non-hydrogen) atoms. The Bertz CT molecular complexity index is 596. The maximum atomic E-state index is 13.9. The lowest BCUT2D eigenvalue weighted by molar-refractivity contribution is 0.600. The zero-order valence-corrected chi connectivity index (χ0v) is 13.2. The highest BCUT2D eigenvalue weighted by Crippen LogP contribution is 2.29. The minimum atomic E-state index is -0.149. The van der Waals surface area contributed by atoms with Crippen LogP contribution in [0.4, 0.5) is 10.1 Å². The lowest BCUT2D eigenvalue weighted by atomic mass is 10.0. The van der Waals surface area contributed by atoms with E-state index in [1.807, 2.05) is 52.2 Å². The van der Waals surface area contributed by atoms with Crippen molar-refractivity contribution >= 4 is 5.69 Å². The largest absolute Gasteiger partial charge is 0.370 e. The predicted molar refractivity (Wildman–Crippen MR) is 87.2 cm³/mol. The van der Waals surface area contributed by atoms with Crippen LogP contribution >= 0.6 is 0 Å². The summed E-state index contributed by atoms with van der Waals surface area (Å²) in [6, 6.07) is 14.0. The Kier molecular flexibility index (Phi) is 4.97. The monoisotopic (exact) mass is 286 g/mol. The molecule has 0 heterocycles.